The molecule has 6 atom stereocenters. The fraction of sp³-hybridized carbons (Fsp3) is 0.552. The minimum absolute atomic E-state index is 0.0612. The van der Waals surface area contributed by atoms with Crippen molar-refractivity contribution in [2.24, 2.45) is 11.8 Å². The van der Waals surface area contributed by atoms with Crippen LogP contribution < -0.4 is 0 Å². The number of amides is 2. The van der Waals surface area contributed by atoms with E-state index in [0.717, 1.165) is 24.8 Å². The standard InChI is InChI=1S/C29H38N2O5S/c1-4-7-16-30(15-5-2)27(34)25-29-14-13-22(37-29)23(28(35)36-17-6-3)24(29)26(33)31(25)21(19-32)18-20-11-9-8-10-12-20/h5-6,8-12,21-25,32H,2-4,7,13-19H2,1H3/t21-,22-,23+,24+,25?,29?/m1/s1. The number of rotatable bonds is 13. The molecule has 37 heavy (non-hydrogen) atoms. The van der Waals surface area contributed by atoms with Gasteiger partial charge >= 0.3 is 5.97 Å². The molecule has 3 heterocycles. The van der Waals surface area contributed by atoms with E-state index in [0.29, 0.717) is 25.9 Å². The second-order valence-electron chi connectivity index (χ2n) is 10.2. The average molecular weight is 527 g/mol. The second-order valence-corrected chi connectivity index (χ2v) is 11.8. The van der Waals surface area contributed by atoms with E-state index in [4.69, 9.17) is 4.74 Å². The summed E-state index contributed by atoms with van der Waals surface area (Å²) in [6.07, 6.45) is 6.86. The number of hydrogen-bond acceptors (Lipinski definition) is 6. The highest BCUT2D eigenvalue weighted by Crippen LogP contribution is 2.67. The number of benzene rings is 1. The Morgan fingerprint density at radius 3 is 2.70 bits per heavy atom. The Bertz CT molecular complexity index is 1020. The molecule has 3 fully saturated rings. The predicted octanol–water partition coefficient (Wildman–Crippen LogP) is 3.23. The van der Waals surface area contributed by atoms with Crippen molar-refractivity contribution >= 4 is 29.5 Å². The van der Waals surface area contributed by atoms with E-state index in [-0.39, 0.29) is 30.3 Å². The maximum atomic E-state index is 14.3. The van der Waals surface area contributed by atoms with E-state index in [1.54, 1.807) is 27.6 Å². The Morgan fingerprint density at radius 1 is 1.30 bits per heavy atom. The van der Waals surface area contributed by atoms with Crippen molar-refractivity contribution in [3.63, 3.8) is 0 Å². The molecule has 0 aromatic heterocycles. The molecule has 2 amide bonds. The van der Waals surface area contributed by atoms with Gasteiger partial charge in [0.15, 0.2) is 0 Å². The lowest BCUT2D eigenvalue weighted by atomic mass is 9.71. The van der Waals surface area contributed by atoms with Crippen LogP contribution in [0.15, 0.2) is 55.6 Å². The fourth-order valence-corrected chi connectivity index (χ4v) is 8.56. The normalized spacial score (nSPS) is 28.6. The van der Waals surface area contributed by atoms with Crippen LogP contribution in [-0.4, -0.2) is 81.1 Å². The number of ether oxygens (including phenoxy) is 1. The summed E-state index contributed by atoms with van der Waals surface area (Å²) in [6.45, 7) is 10.3. The second kappa shape index (κ2) is 11.9. The number of aliphatic hydroxyl groups excluding tert-OH is 1. The van der Waals surface area contributed by atoms with Crippen LogP contribution in [-0.2, 0) is 25.5 Å². The molecule has 0 radical (unpaired) electrons. The van der Waals surface area contributed by atoms with Crippen molar-refractivity contribution in [2.75, 3.05) is 26.3 Å². The first-order valence-electron chi connectivity index (χ1n) is 13.2. The third-order valence-electron chi connectivity index (χ3n) is 7.95. The van der Waals surface area contributed by atoms with E-state index in [1.165, 1.54) is 6.08 Å². The van der Waals surface area contributed by atoms with Crippen LogP contribution >= 0.6 is 11.8 Å². The maximum Gasteiger partial charge on any atom is 0.311 e. The molecule has 3 aliphatic rings. The molecule has 200 valence electrons. The Labute approximate surface area is 223 Å². The topological polar surface area (TPSA) is 87.1 Å². The zero-order valence-corrected chi connectivity index (χ0v) is 22.4. The van der Waals surface area contributed by atoms with Crippen molar-refractivity contribution in [1.29, 1.82) is 0 Å². The minimum atomic E-state index is -0.755. The number of unbranched alkanes of at least 4 members (excludes halogenated alkanes) is 1. The summed E-state index contributed by atoms with van der Waals surface area (Å²) < 4.78 is 4.72. The lowest BCUT2D eigenvalue weighted by molar-refractivity contribution is -0.153. The molecular weight excluding hydrogens is 488 g/mol. The van der Waals surface area contributed by atoms with Crippen molar-refractivity contribution in [3.8, 4) is 0 Å². The zero-order chi connectivity index (χ0) is 26.6. The van der Waals surface area contributed by atoms with Gasteiger partial charge in [0.05, 0.1) is 29.2 Å². The number of hydrogen-bond donors (Lipinski definition) is 1. The lowest BCUT2D eigenvalue weighted by Crippen LogP contribution is -2.58. The number of likely N-dealkylation sites (tertiary alicyclic amines) is 1. The number of aliphatic hydroxyl groups is 1. The van der Waals surface area contributed by atoms with Crippen LogP contribution in [0.5, 0.6) is 0 Å². The van der Waals surface area contributed by atoms with Gasteiger partial charge in [0, 0.05) is 18.3 Å². The molecule has 0 aliphatic carbocycles. The highest BCUT2D eigenvalue weighted by Gasteiger charge is 2.74. The quantitative estimate of drug-likeness (QED) is 0.314. The van der Waals surface area contributed by atoms with Gasteiger partial charge in [-0.1, -0.05) is 62.4 Å². The van der Waals surface area contributed by atoms with Crippen LogP contribution in [0, 0.1) is 11.8 Å². The molecule has 1 spiro atoms. The van der Waals surface area contributed by atoms with Crippen molar-refractivity contribution < 1.29 is 24.2 Å². The monoisotopic (exact) mass is 526 g/mol. The Kier molecular flexibility index (Phi) is 8.80. The number of fused-ring (bicyclic) bond motifs is 1. The molecule has 8 heteroatoms. The highest BCUT2D eigenvalue weighted by atomic mass is 32.2. The molecule has 2 unspecified atom stereocenters. The number of esters is 1. The number of carbonyl (C=O) groups is 3. The fourth-order valence-electron chi connectivity index (χ4n) is 6.38. The first-order chi connectivity index (χ1) is 17.9. The van der Waals surface area contributed by atoms with E-state index in [1.807, 2.05) is 30.3 Å². The van der Waals surface area contributed by atoms with Gasteiger partial charge in [-0.05, 0) is 31.2 Å². The summed E-state index contributed by atoms with van der Waals surface area (Å²) in [4.78, 5) is 45.1. The zero-order valence-electron chi connectivity index (χ0n) is 21.6. The predicted molar refractivity (Wildman–Crippen MR) is 145 cm³/mol. The minimum Gasteiger partial charge on any atom is -0.461 e. The first-order valence-corrected chi connectivity index (χ1v) is 14.1. The van der Waals surface area contributed by atoms with E-state index >= 15 is 0 Å². The van der Waals surface area contributed by atoms with Gasteiger partial charge in [0.25, 0.3) is 0 Å². The van der Waals surface area contributed by atoms with Crippen LogP contribution in [0.2, 0.25) is 0 Å². The highest BCUT2D eigenvalue weighted by molar-refractivity contribution is 8.02. The van der Waals surface area contributed by atoms with E-state index < -0.39 is 34.6 Å². The first kappa shape index (κ1) is 27.5. The Hall–Kier alpha value is -2.58. The number of carbonyl (C=O) groups excluding carboxylic acids is 3. The number of thioether (sulfide) groups is 1. The molecule has 7 nitrogen and oxygen atoms in total. The SMILES string of the molecule is C=CCOC(=O)[C@@H]1[C@H]2C(=O)N([C@@H](CO)Cc3ccccc3)C(C(=O)N(CC=C)CCCC)C23CC[C@H]1S3. The van der Waals surface area contributed by atoms with Crippen LogP contribution in [0.1, 0.15) is 38.2 Å². The van der Waals surface area contributed by atoms with Gasteiger partial charge in [-0.25, -0.2) is 0 Å². The smallest absolute Gasteiger partial charge is 0.311 e. The summed E-state index contributed by atoms with van der Waals surface area (Å²) in [5.74, 6) is -2.00. The van der Waals surface area contributed by atoms with Gasteiger partial charge in [-0.3, -0.25) is 14.4 Å². The summed E-state index contributed by atoms with van der Waals surface area (Å²) in [7, 11) is 0. The van der Waals surface area contributed by atoms with Gasteiger partial charge in [-0.15, -0.1) is 18.3 Å². The summed E-state index contributed by atoms with van der Waals surface area (Å²) in [5.41, 5.74) is 0.975. The Balaban J connectivity index is 1.75. The van der Waals surface area contributed by atoms with Crippen LogP contribution in [0.25, 0.3) is 0 Å². The average Bonchev–Trinajstić information content (AvgIpc) is 3.56. The van der Waals surface area contributed by atoms with Gasteiger partial charge < -0.3 is 19.6 Å². The van der Waals surface area contributed by atoms with Crippen LogP contribution in [0.4, 0.5) is 0 Å². The molecule has 1 aromatic carbocycles. The molecule has 3 saturated heterocycles. The van der Waals surface area contributed by atoms with Crippen LogP contribution in [0.3, 0.4) is 0 Å². The lowest BCUT2D eigenvalue weighted by Gasteiger charge is -2.39. The Morgan fingerprint density at radius 2 is 2.05 bits per heavy atom. The van der Waals surface area contributed by atoms with Gasteiger partial charge in [0.1, 0.15) is 12.6 Å². The maximum absolute atomic E-state index is 14.3. The molecule has 0 saturated carbocycles. The molecule has 2 bridgehead atoms. The third-order valence-corrected chi connectivity index (χ3v) is 9.90. The van der Waals surface area contributed by atoms with Gasteiger partial charge in [0.2, 0.25) is 11.8 Å². The third kappa shape index (κ3) is 4.98. The summed E-state index contributed by atoms with van der Waals surface area (Å²) in [5, 5.41) is 10.5. The molecule has 1 aromatic rings. The van der Waals surface area contributed by atoms with Crippen molar-refractivity contribution in [3.05, 3.63) is 61.2 Å². The largest absolute Gasteiger partial charge is 0.461 e. The molecule has 3 aliphatic heterocycles. The molecule has 1 N–H and O–H groups in total. The van der Waals surface area contributed by atoms with E-state index in [9.17, 15) is 19.5 Å². The number of nitrogens with zero attached hydrogens (tertiary/aromatic N) is 2. The van der Waals surface area contributed by atoms with E-state index in [2.05, 4.69) is 20.1 Å². The summed E-state index contributed by atoms with van der Waals surface area (Å²) >= 11 is 1.61. The van der Waals surface area contributed by atoms with Crippen molar-refractivity contribution in [2.45, 2.75) is 61.1 Å². The summed E-state index contributed by atoms with van der Waals surface area (Å²) in [6, 6.07) is 8.35. The van der Waals surface area contributed by atoms with Gasteiger partial charge in [-0.2, -0.15) is 0 Å². The molecular formula is C29H38N2O5S. The molecule has 4 rings (SSSR count). The van der Waals surface area contributed by atoms with Crippen molar-refractivity contribution in [1.82, 2.24) is 9.80 Å².